The highest BCUT2D eigenvalue weighted by Crippen LogP contribution is 2.33. The molecule has 2 aromatic rings. The minimum atomic E-state index is -0.308. The molecule has 5 heteroatoms. The van der Waals surface area contributed by atoms with Crippen LogP contribution in [0.25, 0.3) is 0 Å². The van der Waals surface area contributed by atoms with Gasteiger partial charge in [0.2, 0.25) is 5.91 Å². The molecule has 0 radical (unpaired) electrons. The Hall–Kier alpha value is -2.01. The van der Waals surface area contributed by atoms with Crippen molar-refractivity contribution in [1.29, 1.82) is 0 Å². The molecule has 3 nitrogen and oxygen atoms in total. The van der Waals surface area contributed by atoms with Gasteiger partial charge in [-0.05, 0) is 35.4 Å². The molecule has 0 N–H and O–H groups in total. The normalized spacial score (nSPS) is 17.5. The molecule has 0 unspecified atom stereocenters. The van der Waals surface area contributed by atoms with Gasteiger partial charge in [-0.2, -0.15) is 5.10 Å². The first-order chi connectivity index (χ1) is 10.5. The first-order valence-corrected chi connectivity index (χ1v) is 7.72. The molecule has 0 aromatic heterocycles. The predicted molar refractivity (Wildman–Crippen MR) is 87.0 cm³/mol. The lowest BCUT2D eigenvalue weighted by Gasteiger charge is -2.20. The van der Waals surface area contributed by atoms with Crippen molar-refractivity contribution < 1.29 is 9.18 Å². The molecule has 1 atom stereocenters. The van der Waals surface area contributed by atoms with Gasteiger partial charge in [-0.25, -0.2) is 9.40 Å². The second-order valence-corrected chi connectivity index (χ2v) is 6.11. The van der Waals surface area contributed by atoms with Gasteiger partial charge in [-0.15, -0.1) is 0 Å². The molecule has 22 heavy (non-hydrogen) atoms. The van der Waals surface area contributed by atoms with E-state index in [0.29, 0.717) is 6.42 Å². The molecule has 0 spiro atoms. The number of rotatable bonds is 2. The van der Waals surface area contributed by atoms with Gasteiger partial charge in [0.05, 0.1) is 11.8 Å². The molecule has 1 aliphatic heterocycles. The van der Waals surface area contributed by atoms with Crippen molar-refractivity contribution in [3.05, 3.63) is 69.9 Å². The summed E-state index contributed by atoms with van der Waals surface area (Å²) in [7, 11) is 0. The van der Waals surface area contributed by atoms with Crippen molar-refractivity contribution in [2.75, 3.05) is 0 Å². The average molecular weight is 361 g/mol. The molecule has 1 heterocycles. The lowest BCUT2D eigenvalue weighted by molar-refractivity contribution is -0.130. The third kappa shape index (κ3) is 2.95. The zero-order valence-corrected chi connectivity index (χ0v) is 13.5. The molecule has 1 aliphatic rings. The molecule has 3 rings (SSSR count). The van der Waals surface area contributed by atoms with Crippen LogP contribution in [0.4, 0.5) is 4.39 Å². The number of hydrogen-bond donors (Lipinski definition) is 0. The largest absolute Gasteiger partial charge is 0.273 e. The van der Waals surface area contributed by atoms with Gasteiger partial charge in [0, 0.05) is 17.8 Å². The van der Waals surface area contributed by atoms with E-state index < -0.39 is 0 Å². The van der Waals surface area contributed by atoms with Crippen molar-refractivity contribution >= 4 is 27.5 Å². The lowest BCUT2D eigenvalue weighted by Crippen LogP contribution is -2.24. The highest BCUT2D eigenvalue weighted by molar-refractivity contribution is 9.10. The van der Waals surface area contributed by atoms with Gasteiger partial charge in [0.15, 0.2) is 0 Å². The van der Waals surface area contributed by atoms with E-state index in [-0.39, 0.29) is 17.8 Å². The summed E-state index contributed by atoms with van der Waals surface area (Å²) < 4.78 is 14.4. The standard InChI is InChI=1S/C17H14BrFN2O/c1-11(22)21-17(13-5-3-7-15(19)9-13)10-16(20-21)12-4-2-6-14(18)8-12/h2-9,17H,10H2,1H3/t17-/m1/s1. The highest BCUT2D eigenvalue weighted by Gasteiger charge is 2.31. The van der Waals surface area contributed by atoms with Crippen molar-refractivity contribution in [3.63, 3.8) is 0 Å². The fourth-order valence-corrected chi connectivity index (χ4v) is 3.02. The van der Waals surface area contributed by atoms with Gasteiger partial charge in [-0.3, -0.25) is 4.79 Å². The molecule has 2 aromatic carbocycles. The van der Waals surface area contributed by atoms with Gasteiger partial charge in [0.1, 0.15) is 5.82 Å². The Labute approximate surface area is 136 Å². The zero-order valence-electron chi connectivity index (χ0n) is 12.0. The summed E-state index contributed by atoms with van der Waals surface area (Å²) in [6.07, 6.45) is 0.569. The zero-order chi connectivity index (χ0) is 15.7. The number of carbonyl (C=O) groups excluding carboxylic acids is 1. The maximum Gasteiger partial charge on any atom is 0.240 e. The van der Waals surface area contributed by atoms with Crippen LogP contribution in [0.2, 0.25) is 0 Å². The summed E-state index contributed by atoms with van der Waals surface area (Å²) in [5.41, 5.74) is 2.54. The first kappa shape index (κ1) is 14.9. The lowest BCUT2D eigenvalue weighted by atomic mass is 9.98. The van der Waals surface area contributed by atoms with Crippen molar-refractivity contribution in [2.45, 2.75) is 19.4 Å². The van der Waals surface area contributed by atoms with E-state index in [9.17, 15) is 9.18 Å². The minimum absolute atomic E-state index is 0.153. The molecule has 1 amide bonds. The van der Waals surface area contributed by atoms with Crippen LogP contribution in [-0.4, -0.2) is 16.6 Å². The van der Waals surface area contributed by atoms with Crippen LogP contribution in [0.1, 0.15) is 30.5 Å². The first-order valence-electron chi connectivity index (χ1n) is 6.93. The Kier molecular flexibility index (Phi) is 4.07. The Morgan fingerprint density at radius 2 is 2.05 bits per heavy atom. The van der Waals surface area contributed by atoms with E-state index in [1.54, 1.807) is 6.07 Å². The fraction of sp³-hybridized carbons (Fsp3) is 0.176. The van der Waals surface area contributed by atoms with Crippen LogP contribution in [0, 0.1) is 5.82 Å². The van der Waals surface area contributed by atoms with Gasteiger partial charge < -0.3 is 0 Å². The third-order valence-electron chi connectivity index (χ3n) is 3.62. The minimum Gasteiger partial charge on any atom is -0.273 e. The van der Waals surface area contributed by atoms with E-state index >= 15 is 0 Å². The summed E-state index contributed by atoms with van der Waals surface area (Å²) in [5, 5.41) is 5.88. The summed E-state index contributed by atoms with van der Waals surface area (Å²) >= 11 is 3.44. The van der Waals surface area contributed by atoms with Crippen LogP contribution in [0.5, 0.6) is 0 Å². The number of nitrogens with zero attached hydrogens (tertiary/aromatic N) is 2. The topological polar surface area (TPSA) is 32.7 Å². The summed E-state index contributed by atoms with van der Waals surface area (Å²) in [4.78, 5) is 11.9. The molecular formula is C17H14BrFN2O. The summed E-state index contributed by atoms with van der Waals surface area (Å²) in [5.74, 6) is -0.462. The fourth-order valence-electron chi connectivity index (χ4n) is 2.62. The van der Waals surface area contributed by atoms with Crippen LogP contribution >= 0.6 is 15.9 Å². The van der Waals surface area contributed by atoms with E-state index in [1.165, 1.54) is 24.1 Å². The Bertz CT molecular complexity index is 760. The molecule has 0 aliphatic carbocycles. The number of hydrazone groups is 1. The van der Waals surface area contributed by atoms with Crippen molar-refractivity contribution in [1.82, 2.24) is 5.01 Å². The molecule has 112 valence electrons. The summed E-state index contributed by atoms with van der Waals surface area (Å²) in [6, 6.07) is 13.8. The second kappa shape index (κ2) is 6.01. The number of carbonyl (C=O) groups is 1. The van der Waals surface area contributed by atoms with Crippen molar-refractivity contribution in [3.8, 4) is 0 Å². The maximum absolute atomic E-state index is 13.5. The summed E-state index contributed by atoms with van der Waals surface area (Å²) in [6.45, 7) is 1.47. The van der Waals surface area contributed by atoms with Gasteiger partial charge >= 0.3 is 0 Å². The van der Waals surface area contributed by atoms with Crippen LogP contribution < -0.4 is 0 Å². The molecule has 0 saturated heterocycles. The van der Waals surface area contributed by atoms with E-state index in [0.717, 1.165) is 21.3 Å². The Morgan fingerprint density at radius 3 is 2.73 bits per heavy atom. The molecular weight excluding hydrogens is 347 g/mol. The van der Waals surface area contributed by atoms with E-state index in [2.05, 4.69) is 21.0 Å². The van der Waals surface area contributed by atoms with Crippen LogP contribution in [0.3, 0.4) is 0 Å². The number of halogens is 2. The quantitative estimate of drug-likeness (QED) is 0.786. The number of hydrogen-bond acceptors (Lipinski definition) is 2. The maximum atomic E-state index is 13.5. The number of benzene rings is 2. The van der Waals surface area contributed by atoms with E-state index in [1.807, 2.05) is 30.3 Å². The van der Waals surface area contributed by atoms with Crippen LogP contribution in [0.15, 0.2) is 58.1 Å². The Balaban J connectivity index is 1.96. The van der Waals surface area contributed by atoms with Crippen molar-refractivity contribution in [2.24, 2.45) is 5.10 Å². The average Bonchev–Trinajstić information content (AvgIpc) is 2.92. The second-order valence-electron chi connectivity index (χ2n) is 5.20. The van der Waals surface area contributed by atoms with Gasteiger partial charge in [0.25, 0.3) is 0 Å². The molecule has 0 saturated carbocycles. The Morgan fingerprint density at radius 1 is 1.27 bits per heavy atom. The molecule has 0 fully saturated rings. The molecule has 0 bridgehead atoms. The van der Waals surface area contributed by atoms with E-state index in [4.69, 9.17) is 0 Å². The number of amides is 1. The monoisotopic (exact) mass is 360 g/mol. The SMILES string of the molecule is CC(=O)N1N=C(c2cccc(Br)c2)C[C@@H]1c1cccc(F)c1. The third-order valence-corrected chi connectivity index (χ3v) is 4.12. The van der Waals surface area contributed by atoms with Crippen LogP contribution in [-0.2, 0) is 4.79 Å². The smallest absolute Gasteiger partial charge is 0.240 e. The highest BCUT2D eigenvalue weighted by atomic mass is 79.9. The predicted octanol–water partition coefficient (Wildman–Crippen LogP) is 4.29. The van der Waals surface area contributed by atoms with Gasteiger partial charge in [-0.1, -0.05) is 40.2 Å².